The monoisotopic (exact) mass is 560 g/mol. The van der Waals surface area contributed by atoms with Crippen LogP contribution in [0.15, 0.2) is 121 Å². The molecule has 0 aliphatic rings. The van der Waals surface area contributed by atoms with Crippen molar-refractivity contribution in [1.29, 1.82) is 0 Å². The van der Waals surface area contributed by atoms with Crippen LogP contribution < -0.4 is 0 Å². The molecule has 0 fully saturated rings. The normalized spacial score (nSPS) is 13.3. The summed E-state index contributed by atoms with van der Waals surface area (Å²) in [4.78, 5) is 3.78. The zero-order valence-electron chi connectivity index (χ0n) is 19.4. The summed E-state index contributed by atoms with van der Waals surface area (Å²) in [5.74, 6) is -0.274. The Morgan fingerprint density at radius 2 is 1.08 bits per heavy atom. The highest BCUT2D eigenvalue weighted by Gasteiger charge is 2.26. The summed E-state index contributed by atoms with van der Waals surface area (Å²) in [6.07, 6.45) is -2.25. The number of aliphatic hydroxyl groups excluding tert-OH is 2. The SMILES string of the molecule is OC(c1ccccc1Sc1csc2ccccc12)C(O)c1ccccc1Sc1csc2ccc(F)cc12. The molecule has 37 heavy (non-hydrogen) atoms. The van der Waals surface area contributed by atoms with Crippen molar-refractivity contribution in [2.24, 2.45) is 0 Å². The van der Waals surface area contributed by atoms with Crippen molar-refractivity contribution in [3.05, 3.63) is 119 Å². The van der Waals surface area contributed by atoms with Gasteiger partial charge in [0.15, 0.2) is 0 Å². The lowest BCUT2D eigenvalue weighted by Gasteiger charge is -2.23. The maximum atomic E-state index is 13.9. The van der Waals surface area contributed by atoms with E-state index in [1.807, 2.05) is 66.0 Å². The number of thiophene rings is 2. The molecule has 6 rings (SSSR count). The minimum absolute atomic E-state index is 0.274. The van der Waals surface area contributed by atoms with Gasteiger partial charge < -0.3 is 10.2 Å². The second-order valence-electron chi connectivity index (χ2n) is 8.51. The molecule has 0 bridgehead atoms. The Morgan fingerprint density at radius 1 is 0.568 bits per heavy atom. The molecule has 0 aliphatic heterocycles. The van der Waals surface area contributed by atoms with Crippen LogP contribution in [0.3, 0.4) is 0 Å². The number of hydrogen-bond acceptors (Lipinski definition) is 6. The van der Waals surface area contributed by atoms with Gasteiger partial charge in [-0.05, 0) is 47.5 Å². The van der Waals surface area contributed by atoms with E-state index in [2.05, 4.69) is 17.5 Å². The molecular weight excluding hydrogens is 540 g/mol. The van der Waals surface area contributed by atoms with Crippen LogP contribution in [0.25, 0.3) is 20.2 Å². The van der Waals surface area contributed by atoms with Crippen LogP contribution in [0.1, 0.15) is 23.3 Å². The number of rotatable bonds is 7. The minimum atomic E-state index is -1.13. The van der Waals surface area contributed by atoms with Gasteiger partial charge in [0, 0.05) is 50.5 Å². The van der Waals surface area contributed by atoms with Gasteiger partial charge in [-0.2, -0.15) is 0 Å². The van der Waals surface area contributed by atoms with Crippen LogP contribution in [-0.4, -0.2) is 10.2 Å². The Balaban J connectivity index is 1.31. The lowest BCUT2D eigenvalue weighted by Crippen LogP contribution is -2.12. The van der Waals surface area contributed by atoms with E-state index in [4.69, 9.17) is 0 Å². The molecule has 2 atom stereocenters. The van der Waals surface area contributed by atoms with Crippen molar-refractivity contribution >= 4 is 66.4 Å². The highest BCUT2D eigenvalue weighted by atomic mass is 32.2. The van der Waals surface area contributed by atoms with Crippen LogP contribution in [0, 0.1) is 5.82 Å². The van der Waals surface area contributed by atoms with Crippen molar-refractivity contribution in [1.82, 2.24) is 0 Å². The molecule has 2 aromatic heterocycles. The van der Waals surface area contributed by atoms with E-state index >= 15 is 0 Å². The van der Waals surface area contributed by atoms with Gasteiger partial charge in [0.25, 0.3) is 0 Å². The largest absolute Gasteiger partial charge is 0.385 e. The van der Waals surface area contributed by atoms with E-state index in [0.717, 1.165) is 29.7 Å². The van der Waals surface area contributed by atoms with Crippen LogP contribution in [0.5, 0.6) is 0 Å². The molecule has 2 N–H and O–H groups in total. The van der Waals surface area contributed by atoms with Crippen molar-refractivity contribution in [3.63, 3.8) is 0 Å². The molecule has 0 radical (unpaired) electrons. The molecule has 0 aliphatic carbocycles. The molecule has 184 valence electrons. The van der Waals surface area contributed by atoms with Gasteiger partial charge in [0.05, 0.1) is 0 Å². The molecule has 7 heteroatoms. The number of aliphatic hydroxyl groups is 2. The second-order valence-corrected chi connectivity index (χ2v) is 12.5. The average Bonchev–Trinajstić information content (AvgIpc) is 3.52. The lowest BCUT2D eigenvalue weighted by atomic mass is 9.98. The van der Waals surface area contributed by atoms with Crippen molar-refractivity contribution < 1.29 is 14.6 Å². The third kappa shape index (κ3) is 4.95. The Morgan fingerprint density at radius 3 is 1.73 bits per heavy atom. The minimum Gasteiger partial charge on any atom is -0.385 e. The third-order valence-corrected chi connectivity index (χ3v) is 10.7. The van der Waals surface area contributed by atoms with E-state index in [1.165, 1.54) is 27.9 Å². The maximum absolute atomic E-state index is 13.9. The first kappa shape index (κ1) is 24.7. The fraction of sp³-hybridized carbons (Fsp3) is 0.0667. The van der Waals surface area contributed by atoms with Gasteiger partial charge in [0.1, 0.15) is 18.0 Å². The van der Waals surface area contributed by atoms with Crippen molar-refractivity contribution in [2.75, 3.05) is 0 Å². The van der Waals surface area contributed by atoms with Gasteiger partial charge in [-0.15, -0.1) is 22.7 Å². The Kier molecular flexibility index (Phi) is 7.08. The summed E-state index contributed by atoms with van der Waals surface area (Å²) in [5, 5.41) is 29.0. The summed E-state index contributed by atoms with van der Waals surface area (Å²) >= 11 is 6.34. The van der Waals surface area contributed by atoms with E-state index < -0.39 is 12.2 Å². The first-order valence-electron chi connectivity index (χ1n) is 11.6. The standard InChI is InChI=1S/C30H21FO2S4/c31-18-13-14-24-22(15-18)28(17-35-24)37-26-12-6-3-9-21(26)30(33)29(32)20-8-2-5-11-25(20)36-27-16-34-23-10-4-1-7-19(23)27/h1-17,29-30,32-33H. The number of halogens is 1. The van der Waals surface area contributed by atoms with Gasteiger partial charge in [-0.3, -0.25) is 0 Å². The van der Waals surface area contributed by atoms with Gasteiger partial charge in [-0.25, -0.2) is 4.39 Å². The molecule has 2 nitrogen and oxygen atoms in total. The summed E-state index contributed by atoms with van der Waals surface area (Å²) < 4.78 is 16.1. The van der Waals surface area contributed by atoms with Crippen molar-refractivity contribution in [3.8, 4) is 0 Å². The number of hydrogen-bond donors (Lipinski definition) is 2. The molecular formula is C30H21FO2S4. The summed E-state index contributed by atoms with van der Waals surface area (Å²) in [7, 11) is 0. The van der Waals surface area contributed by atoms with Gasteiger partial charge >= 0.3 is 0 Å². The highest BCUT2D eigenvalue weighted by Crippen LogP contribution is 2.45. The van der Waals surface area contributed by atoms with E-state index in [9.17, 15) is 14.6 Å². The second kappa shape index (κ2) is 10.6. The molecule has 2 unspecified atom stereocenters. The predicted octanol–water partition coefficient (Wildman–Crippen LogP) is 9.32. The maximum Gasteiger partial charge on any atom is 0.123 e. The van der Waals surface area contributed by atoms with E-state index in [-0.39, 0.29) is 5.82 Å². The van der Waals surface area contributed by atoms with Crippen LogP contribution >= 0.6 is 46.2 Å². The first-order chi connectivity index (χ1) is 18.1. The number of benzene rings is 4. The topological polar surface area (TPSA) is 40.5 Å². The van der Waals surface area contributed by atoms with E-state index in [0.29, 0.717) is 11.1 Å². The highest BCUT2D eigenvalue weighted by molar-refractivity contribution is 8.00. The van der Waals surface area contributed by atoms with Crippen LogP contribution in [0.2, 0.25) is 0 Å². The van der Waals surface area contributed by atoms with E-state index in [1.54, 1.807) is 46.6 Å². The zero-order chi connectivity index (χ0) is 25.4. The molecule has 0 saturated heterocycles. The van der Waals surface area contributed by atoms with Crippen molar-refractivity contribution in [2.45, 2.75) is 31.8 Å². The fourth-order valence-electron chi connectivity index (χ4n) is 4.30. The lowest BCUT2D eigenvalue weighted by molar-refractivity contribution is 0.0141. The smallest absolute Gasteiger partial charge is 0.123 e. The molecule has 6 aromatic rings. The molecule has 0 amide bonds. The fourth-order valence-corrected chi connectivity index (χ4v) is 8.68. The Labute approximate surface area is 230 Å². The quantitative estimate of drug-likeness (QED) is 0.204. The average molecular weight is 561 g/mol. The Bertz CT molecular complexity index is 1710. The first-order valence-corrected chi connectivity index (χ1v) is 15.0. The zero-order valence-corrected chi connectivity index (χ0v) is 22.6. The van der Waals surface area contributed by atoms with Gasteiger partial charge in [-0.1, -0.05) is 78.1 Å². The molecule has 0 spiro atoms. The summed E-state index contributed by atoms with van der Waals surface area (Å²) in [5.41, 5.74) is 1.31. The van der Waals surface area contributed by atoms with Crippen LogP contribution in [0.4, 0.5) is 4.39 Å². The predicted molar refractivity (Wildman–Crippen MR) is 155 cm³/mol. The van der Waals surface area contributed by atoms with Crippen LogP contribution in [-0.2, 0) is 0 Å². The van der Waals surface area contributed by atoms with Gasteiger partial charge in [0.2, 0.25) is 0 Å². The molecule has 2 heterocycles. The third-order valence-electron chi connectivity index (χ3n) is 6.16. The number of fused-ring (bicyclic) bond motifs is 2. The molecule has 0 saturated carbocycles. The Hall–Kier alpha value is -2.65. The summed E-state index contributed by atoms with van der Waals surface area (Å²) in [6.45, 7) is 0. The summed E-state index contributed by atoms with van der Waals surface area (Å²) in [6, 6.07) is 28.3. The molecule has 4 aromatic carbocycles.